The Kier molecular flexibility index (Phi) is 3.29. The van der Waals surface area contributed by atoms with E-state index >= 15 is 0 Å². The summed E-state index contributed by atoms with van der Waals surface area (Å²) in [6, 6.07) is 13.0. The Bertz CT molecular complexity index is 844. The minimum absolute atomic E-state index is 1.08. The average Bonchev–Trinajstić information content (AvgIpc) is 2.42. The van der Waals surface area contributed by atoms with Crippen molar-refractivity contribution in [1.82, 2.24) is 4.98 Å². The molecule has 3 aromatic rings. The Balaban J connectivity index is 2.32. The van der Waals surface area contributed by atoms with Gasteiger partial charge in [-0.3, -0.25) is 0 Å². The van der Waals surface area contributed by atoms with Crippen LogP contribution >= 0.6 is 0 Å². The van der Waals surface area contributed by atoms with Crippen LogP contribution in [0.4, 0.5) is 0 Å². The fraction of sp³-hybridized carbons (Fsp3) is 0.250. The molecule has 1 nitrogen and oxygen atoms in total. The molecule has 0 aliphatic heterocycles. The minimum atomic E-state index is 1.08. The summed E-state index contributed by atoms with van der Waals surface area (Å²) in [6.45, 7) is 10.8. The second-order valence-corrected chi connectivity index (χ2v) is 6.05. The van der Waals surface area contributed by atoms with Crippen LogP contribution in [0.3, 0.4) is 0 Å². The van der Waals surface area contributed by atoms with E-state index in [-0.39, 0.29) is 0 Å². The van der Waals surface area contributed by atoms with Crippen molar-refractivity contribution >= 4 is 10.9 Å². The highest BCUT2D eigenvalue weighted by atomic mass is 14.7. The number of fused-ring (bicyclic) bond motifs is 1. The zero-order valence-corrected chi connectivity index (χ0v) is 13.4. The third-order valence-electron chi connectivity index (χ3n) is 4.33. The Morgan fingerprint density at radius 1 is 0.762 bits per heavy atom. The molecule has 2 aromatic carbocycles. The Morgan fingerprint density at radius 3 is 2.29 bits per heavy atom. The lowest BCUT2D eigenvalue weighted by molar-refractivity contribution is 1.27. The average molecular weight is 275 g/mol. The molecular weight excluding hydrogens is 254 g/mol. The highest BCUT2D eigenvalue weighted by Crippen LogP contribution is 2.30. The van der Waals surface area contributed by atoms with Crippen LogP contribution in [0.5, 0.6) is 0 Å². The highest BCUT2D eigenvalue weighted by Gasteiger charge is 2.10. The normalized spacial score (nSPS) is 11.1. The van der Waals surface area contributed by atoms with Gasteiger partial charge in [-0.25, -0.2) is 4.98 Å². The summed E-state index contributed by atoms with van der Waals surface area (Å²) in [5, 5.41) is 1.28. The summed E-state index contributed by atoms with van der Waals surface area (Å²) >= 11 is 0. The standard InChI is InChI=1S/C20H21N/c1-12-9-14(3)16(5)17(10-12)19-11-15(4)20-13(2)7-6-8-18(20)21-19/h6-11H,1-5H3. The monoisotopic (exact) mass is 275 g/mol. The first-order valence-electron chi connectivity index (χ1n) is 7.42. The van der Waals surface area contributed by atoms with Crippen molar-refractivity contribution in [3.05, 3.63) is 64.2 Å². The molecular formula is C20H21N. The maximum atomic E-state index is 4.91. The van der Waals surface area contributed by atoms with Crippen LogP contribution in [0, 0.1) is 34.6 Å². The molecule has 0 fully saturated rings. The number of hydrogen-bond donors (Lipinski definition) is 0. The lowest BCUT2D eigenvalue weighted by Crippen LogP contribution is -1.95. The number of benzene rings is 2. The fourth-order valence-electron chi connectivity index (χ4n) is 3.14. The molecule has 1 heterocycles. The highest BCUT2D eigenvalue weighted by molar-refractivity contribution is 5.88. The maximum absolute atomic E-state index is 4.91. The van der Waals surface area contributed by atoms with Gasteiger partial charge in [0.25, 0.3) is 0 Å². The number of rotatable bonds is 1. The molecule has 21 heavy (non-hydrogen) atoms. The number of aryl methyl sites for hydroxylation is 4. The van der Waals surface area contributed by atoms with Gasteiger partial charge in [0.05, 0.1) is 11.2 Å². The summed E-state index contributed by atoms with van der Waals surface area (Å²) in [5.74, 6) is 0. The zero-order valence-electron chi connectivity index (χ0n) is 13.4. The van der Waals surface area contributed by atoms with Gasteiger partial charge in [-0.05, 0) is 75.1 Å². The van der Waals surface area contributed by atoms with Crippen molar-refractivity contribution in [3.63, 3.8) is 0 Å². The summed E-state index contributed by atoms with van der Waals surface area (Å²) in [5.41, 5.74) is 9.94. The van der Waals surface area contributed by atoms with Gasteiger partial charge in [0.2, 0.25) is 0 Å². The van der Waals surface area contributed by atoms with E-state index in [9.17, 15) is 0 Å². The van der Waals surface area contributed by atoms with Crippen LogP contribution in [0.25, 0.3) is 22.2 Å². The van der Waals surface area contributed by atoms with E-state index in [2.05, 4.69) is 71.0 Å². The van der Waals surface area contributed by atoms with E-state index < -0.39 is 0 Å². The molecule has 0 aliphatic carbocycles. The molecule has 0 bridgehead atoms. The van der Waals surface area contributed by atoms with Gasteiger partial charge in [-0.1, -0.05) is 23.8 Å². The molecule has 3 rings (SSSR count). The molecule has 0 spiro atoms. The van der Waals surface area contributed by atoms with Crippen molar-refractivity contribution in [3.8, 4) is 11.3 Å². The molecule has 106 valence electrons. The third-order valence-corrected chi connectivity index (χ3v) is 4.33. The second kappa shape index (κ2) is 5.00. The predicted octanol–water partition coefficient (Wildman–Crippen LogP) is 5.44. The molecule has 1 heteroatoms. The van der Waals surface area contributed by atoms with Gasteiger partial charge in [-0.2, -0.15) is 0 Å². The summed E-state index contributed by atoms with van der Waals surface area (Å²) < 4.78 is 0. The van der Waals surface area contributed by atoms with E-state index in [1.54, 1.807) is 0 Å². The van der Waals surface area contributed by atoms with Crippen LogP contribution in [0.1, 0.15) is 27.8 Å². The van der Waals surface area contributed by atoms with E-state index in [0.717, 1.165) is 11.2 Å². The van der Waals surface area contributed by atoms with Crippen LogP contribution in [-0.4, -0.2) is 4.98 Å². The lowest BCUT2D eigenvalue weighted by Gasteiger charge is -2.13. The van der Waals surface area contributed by atoms with Crippen molar-refractivity contribution in [2.45, 2.75) is 34.6 Å². The molecule has 1 aromatic heterocycles. The molecule has 0 radical (unpaired) electrons. The van der Waals surface area contributed by atoms with E-state index in [0.29, 0.717) is 0 Å². The summed E-state index contributed by atoms with van der Waals surface area (Å²) in [7, 11) is 0. The molecule has 0 amide bonds. The Hall–Kier alpha value is -2.15. The van der Waals surface area contributed by atoms with E-state index in [1.807, 2.05) is 0 Å². The van der Waals surface area contributed by atoms with Crippen molar-refractivity contribution in [2.24, 2.45) is 0 Å². The third kappa shape index (κ3) is 2.33. The topological polar surface area (TPSA) is 12.9 Å². The molecule has 0 unspecified atom stereocenters. The number of aromatic nitrogens is 1. The van der Waals surface area contributed by atoms with Gasteiger partial charge < -0.3 is 0 Å². The molecule has 0 N–H and O–H groups in total. The lowest BCUT2D eigenvalue weighted by atomic mass is 9.95. The molecule has 0 atom stereocenters. The quantitative estimate of drug-likeness (QED) is 0.576. The van der Waals surface area contributed by atoms with Crippen molar-refractivity contribution in [2.75, 3.05) is 0 Å². The molecule has 0 aliphatic rings. The Morgan fingerprint density at radius 2 is 1.52 bits per heavy atom. The smallest absolute Gasteiger partial charge is 0.0715 e. The number of hydrogen-bond acceptors (Lipinski definition) is 1. The van der Waals surface area contributed by atoms with Gasteiger partial charge in [-0.15, -0.1) is 0 Å². The van der Waals surface area contributed by atoms with Crippen molar-refractivity contribution in [1.29, 1.82) is 0 Å². The maximum Gasteiger partial charge on any atom is 0.0715 e. The van der Waals surface area contributed by atoms with Crippen LogP contribution in [-0.2, 0) is 0 Å². The summed E-state index contributed by atoms with van der Waals surface area (Å²) in [4.78, 5) is 4.91. The first kappa shape index (κ1) is 13.8. The van der Waals surface area contributed by atoms with Crippen LogP contribution in [0.2, 0.25) is 0 Å². The second-order valence-electron chi connectivity index (χ2n) is 6.05. The largest absolute Gasteiger partial charge is 0.248 e. The first-order chi connectivity index (χ1) is 9.97. The van der Waals surface area contributed by atoms with E-state index in [4.69, 9.17) is 4.98 Å². The van der Waals surface area contributed by atoms with Gasteiger partial charge in [0.1, 0.15) is 0 Å². The number of pyridine rings is 1. The van der Waals surface area contributed by atoms with Crippen LogP contribution in [0.15, 0.2) is 36.4 Å². The van der Waals surface area contributed by atoms with Crippen molar-refractivity contribution < 1.29 is 0 Å². The minimum Gasteiger partial charge on any atom is -0.248 e. The van der Waals surface area contributed by atoms with Gasteiger partial charge in [0, 0.05) is 10.9 Å². The molecule has 0 saturated carbocycles. The van der Waals surface area contributed by atoms with Gasteiger partial charge in [0.15, 0.2) is 0 Å². The number of nitrogens with zero attached hydrogens (tertiary/aromatic N) is 1. The van der Waals surface area contributed by atoms with Gasteiger partial charge >= 0.3 is 0 Å². The fourth-order valence-corrected chi connectivity index (χ4v) is 3.14. The predicted molar refractivity (Wildman–Crippen MR) is 90.9 cm³/mol. The SMILES string of the molecule is Cc1cc(C)c(C)c(-c2cc(C)c3c(C)cccc3n2)c1. The van der Waals surface area contributed by atoms with Crippen LogP contribution < -0.4 is 0 Å². The first-order valence-corrected chi connectivity index (χ1v) is 7.42. The summed E-state index contributed by atoms with van der Waals surface area (Å²) in [6.07, 6.45) is 0. The Labute approximate surface area is 126 Å². The van der Waals surface area contributed by atoms with E-state index in [1.165, 1.54) is 38.8 Å². The zero-order chi connectivity index (χ0) is 15.1. The molecule has 0 saturated heterocycles.